The average Bonchev–Trinajstić information content (AvgIpc) is 3.40. The van der Waals surface area contributed by atoms with Crippen molar-refractivity contribution in [3.8, 4) is 11.5 Å². The van der Waals surface area contributed by atoms with Gasteiger partial charge in [-0.15, -0.1) is 0 Å². The second-order valence-electron chi connectivity index (χ2n) is 7.20. The molecule has 2 aromatic carbocycles. The van der Waals surface area contributed by atoms with Gasteiger partial charge < -0.3 is 14.4 Å². The van der Waals surface area contributed by atoms with Crippen LogP contribution in [0, 0.1) is 0 Å². The summed E-state index contributed by atoms with van der Waals surface area (Å²) in [6.45, 7) is 4.76. The quantitative estimate of drug-likeness (QED) is 0.660. The Balaban J connectivity index is 1.66. The lowest BCUT2D eigenvalue weighted by Crippen LogP contribution is -2.46. The highest BCUT2D eigenvalue weighted by Crippen LogP contribution is 2.36. The summed E-state index contributed by atoms with van der Waals surface area (Å²) in [5, 5.41) is 4.18. The van der Waals surface area contributed by atoms with Gasteiger partial charge in [-0.3, -0.25) is 4.79 Å². The lowest BCUT2D eigenvalue weighted by Gasteiger charge is -2.32. The predicted octanol–water partition coefficient (Wildman–Crippen LogP) is 2.97. The molecule has 28 heavy (non-hydrogen) atoms. The number of ether oxygens (including phenoxy) is 2. The van der Waals surface area contributed by atoms with E-state index in [1.807, 2.05) is 67.3 Å². The van der Waals surface area contributed by atoms with E-state index in [4.69, 9.17) is 9.47 Å². The number of hydrogen-bond acceptors (Lipinski definition) is 5. The zero-order valence-corrected chi connectivity index (χ0v) is 15.9. The Morgan fingerprint density at radius 1 is 1.11 bits per heavy atom. The van der Waals surface area contributed by atoms with E-state index < -0.39 is 5.54 Å². The maximum absolute atomic E-state index is 13.5. The molecule has 0 N–H and O–H groups in total. The minimum atomic E-state index is -0.874. The molecule has 0 spiro atoms. The molecule has 2 heterocycles. The molecule has 0 radical (unpaired) electrons. The molecular formula is C21H22N4O3. The van der Waals surface area contributed by atoms with Crippen LogP contribution in [0.1, 0.15) is 25.0 Å². The van der Waals surface area contributed by atoms with Gasteiger partial charge in [-0.2, -0.15) is 5.10 Å². The van der Waals surface area contributed by atoms with Crippen LogP contribution in [0.4, 0.5) is 0 Å². The summed E-state index contributed by atoms with van der Waals surface area (Å²) < 4.78 is 12.7. The monoisotopic (exact) mass is 378 g/mol. The highest BCUT2D eigenvalue weighted by molar-refractivity contribution is 5.83. The fraction of sp³-hybridized carbons (Fsp3) is 0.286. The fourth-order valence-electron chi connectivity index (χ4n) is 3.31. The number of fused-ring (bicyclic) bond motifs is 1. The van der Waals surface area contributed by atoms with Gasteiger partial charge in [0.1, 0.15) is 18.2 Å². The Kier molecular flexibility index (Phi) is 4.73. The molecule has 0 saturated carbocycles. The molecule has 3 aromatic rings. The lowest BCUT2D eigenvalue weighted by molar-refractivity contribution is -0.141. The van der Waals surface area contributed by atoms with Gasteiger partial charge in [-0.25, -0.2) is 9.67 Å². The van der Waals surface area contributed by atoms with E-state index in [0.717, 1.165) is 11.1 Å². The van der Waals surface area contributed by atoms with Gasteiger partial charge in [0.2, 0.25) is 6.79 Å². The van der Waals surface area contributed by atoms with Crippen LogP contribution in [0.5, 0.6) is 11.5 Å². The van der Waals surface area contributed by atoms with Crippen molar-refractivity contribution in [1.29, 1.82) is 0 Å². The Bertz CT molecular complexity index is 955. The number of amides is 1. The van der Waals surface area contributed by atoms with Crippen molar-refractivity contribution in [3.05, 3.63) is 72.3 Å². The number of hydrogen-bond donors (Lipinski definition) is 0. The molecule has 4 rings (SSSR count). The zero-order valence-electron chi connectivity index (χ0n) is 15.9. The number of para-hydroxylation sites is 1. The summed E-state index contributed by atoms with van der Waals surface area (Å²) in [7, 11) is 0. The van der Waals surface area contributed by atoms with Crippen LogP contribution >= 0.6 is 0 Å². The summed E-state index contributed by atoms with van der Waals surface area (Å²) in [5.74, 6) is 1.35. The SMILES string of the molecule is CC(C)(C(=O)N(Cc1ccccc1)Cc1cccc2c1OCO2)n1cncn1. The van der Waals surface area contributed by atoms with E-state index in [2.05, 4.69) is 10.1 Å². The normalized spacial score (nSPS) is 12.8. The van der Waals surface area contributed by atoms with E-state index >= 15 is 0 Å². The first kappa shape index (κ1) is 18.0. The zero-order chi connectivity index (χ0) is 19.6. The summed E-state index contributed by atoms with van der Waals surface area (Å²) in [4.78, 5) is 19.3. The molecule has 0 aliphatic carbocycles. The third-order valence-electron chi connectivity index (χ3n) is 4.86. The topological polar surface area (TPSA) is 69.5 Å². The first-order valence-electron chi connectivity index (χ1n) is 9.11. The molecule has 1 aliphatic heterocycles. The Hall–Kier alpha value is -3.35. The van der Waals surface area contributed by atoms with E-state index in [1.54, 1.807) is 11.0 Å². The largest absolute Gasteiger partial charge is 0.454 e. The standard InChI is InChI=1S/C21H22N4O3/c1-21(2,25-14-22-13-23-25)20(26)24(11-16-7-4-3-5-8-16)12-17-9-6-10-18-19(17)28-15-27-18/h3-10,13-14H,11-12,15H2,1-2H3. The Labute approximate surface area is 163 Å². The summed E-state index contributed by atoms with van der Waals surface area (Å²) in [6, 6.07) is 15.7. The highest BCUT2D eigenvalue weighted by Gasteiger charge is 2.35. The van der Waals surface area contributed by atoms with Crippen molar-refractivity contribution in [1.82, 2.24) is 19.7 Å². The van der Waals surface area contributed by atoms with Crippen molar-refractivity contribution in [2.24, 2.45) is 0 Å². The van der Waals surface area contributed by atoms with Gasteiger partial charge in [0.25, 0.3) is 5.91 Å². The third kappa shape index (κ3) is 3.43. The van der Waals surface area contributed by atoms with E-state index in [0.29, 0.717) is 24.6 Å². The molecule has 1 aromatic heterocycles. The van der Waals surface area contributed by atoms with Gasteiger partial charge in [0.05, 0.1) is 0 Å². The first-order valence-corrected chi connectivity index (χ1v) is 9.11. The number of aromatic nitrogens is 3. The van der Waals surface area contributed by atoms with Gasteiger partial charge in [0, 0.05) is 18.7 Å². The molecule has 0 atom stereocenters. The van der Waals surface area contributed by atoms with Gasteiger partial charge in [-0.05, 0) is 25.5 Å². The molecule has 1 amide bonds. The summed E-state index contributed by atoms with van der Waals surface area (Å²) >= 11 is 0. The van der Waals surface area contributed by atoms with Crippen molar-refractivity contribution >= 4 is 5.91 Å². The van der Waals surface area contributed by atoms with Gasteiger partial charge >= 0.3 is 0 Å². The number of benzene rings is 2. The number of carbonyl (C=O) groups excluding carboxylic acids is 1. The average molecular weight is 378 g/mol. The van der Waals surface area contributed by atoms with Crippen molar-refractivity contribution in [3.63, 3.8) is 0 Å². The van der Waals surface area contributed by atoms with Crippen LogP contribution in [0.2, 0.25) is 0 Å². The number of nitrogens with zero attached hydrogens (tertiary/aromatic N) is 4. The number of carbonyl (C=O) groups is 1. The summed E-state index contributed by atoms with van der Waals surface area (Å²) in [6.07, 6.45) is 3.00. The maximum Gasteiger partial charge on any atom is 0.250 e. The molecule has 1 aliphatic rings. The van der Waals surface area contributed by atoms with Crippen LogP contribution in [-0.4, -0.2) is 32.4 Å². The van der Waals surface area contributed by atoms with E-state index in [1.165, 1.54) is 6.33 Å². The smallest absolute Gasteiger partial charge is 0.250 e. The van der Waals surface area contributed by atoms with Crippen LogP contribution in [0.25, 0.3) is 0 Å². The number of rotatable bonds is 6. The van der Waals surface area contributed by atoms with Gasteiger partial charge in [0.15, 0.2) is 11.5 Å². The molecule has 7 heteroatoms. The van der Waals surface area contributed by atoms with Crippen molar-refractivity contribution in [2.75, 3.05) is 6.79 Å². The fourth-order valence-corrected chi connectivity index (χ4v) is 3.31. The lowest BCUT2D eigenvalue weighted by atomic mass is 10.0. The first-order chi connectivity index (χ1) is 13.6. The Morgan fingerprint density at radius 2 is 1.93 bits per heavy atom. The van der Waals surface area contributed by atoms with Crippen LogP contribution in [0.15, 0.2) is 61.2 Å². The second kappa shape index (κ2) is 7.34. The van der Waals surface area contributed by atoms with Crippen molar-refractivity contribution in [2.45, 2.75) is 32.5 Å². The maximum atomic E-state index is 13.5. The van der Waals surface area contributed by atoms with Gasteiger partial charge in [-0.1, -0.05) is 42.5 Å². The van der Waals surface area contributed by atoms with Crippen molar-refractivity contribution < 1.29 is 14.3 Å². The minimum Gasteiger partial charge on any atom is -0.454 e. The molecule has 7 nitrogen and oxygen atoms in total. The summed E-state index contributed by atoms with van der Waals surface area (Å²) in [5.41, 5.74) is 1.09. The highest BCUT2D eigenvalue weighted by atomic mass is 16.7. The van der Waals surface area contributed by atoms with Crippen LogP contribution in [0.3, 0.4) is 0 Å². The molecule has 0 saturated heterocycles. The third-order valence-corrected chi connectivity index (χ3v) is 4.86. The molecular weight excluding hydrogens is 356 g/mol. The molecule has 0 fully saturated rings. The second-order valence-corrected chi connectivity index (χ2v) is 7.20. The molecule has 0 unspecified atom stereocenters. The Morgan fingerprint density at radius 3 is 2.68 bits per heavy atom. The van der Waals surface area contributed by atoms with E-state index in [9.17, 15) is 4.79 Å². The minimum absolute atomic E-state index is 0.0571. The molecule has 144 valence electrons. The van der Waals surface area contributed by atoms with Crippen LogP contribution < -0.4 is 9.47 Å². The predicted molar refractivity (Wildman–Crippen MR) is 103 cm³/mol. The molecule has 0 bridgehead atoms. The van der Waals surface area contributed by atoms with E-state index in [-0.39, 0.29) is 12.7 Å². The van der Waals surface area contributed by atoms with Crippen LogP contribution in [-0.2, 0) is 23.4 Å².